The predicted molar refractivity (Wildman–Crippen MR) is 71.1 cm³/mol. The maximum absolute atomic E-state index is 13.1. The van der Waals surface area contributed by atoms with Gasteiger partial charge >= 0.3 is 0 Å². The number of hydrogen-bond acceptors (Lipinski definition) is 2. The number of hydrogen-bond donors (Lipinski definition) is 2. The summed E-state index contributed by atoms with van der Waals surface area (Å²) in [6, 6.07) is 4.36. The van der Waals surface area contributed by atoms with Crippen LogP contribution in [0.4, 0.5) is 15.8 Å². The summed E-state index contributed by atoms with van der Waals surface area (Å²) in [7, 11) is 0. The van der Waals surface area contributed by atoms with Gasteiger partial charge in [0.15, 0.2) is 0 Å². The van der Waals surface area contributed by atoms with Crippen LogP contribution in [0.5, 0.6) is 0 Å². The quantitative estimate of drug-likeness (QED) is 0.803. The molecule has 1 atom stereocenters. The highest BCUT2D eigenvalue weighted by molar-refractivity contribution is 5.97. The summed E-state index contributed by atoms with van der Waals surface area (Å²) in [5, 5.41) is 6.00. The Kier molecular flexibility index (Phi) is 3.28. The molecule has 0 fully saturated rings. The molecule has 1 amide bonds. The summed E-state index contributed by atoms with van der Waals surface area (Å²) in [6.45, 7) is 6.87. The molecule has 2 N–H and O–H groups in total. The standard InChI is InChI=1S/C14H19FN2O/c1-14(2,3)7-9-8-16-12-6-10(15)4-5-11(12)17-13(9)18/h4-6,9,16H,7-8H2,1-3H3,(H,17,18). The van der Waals surface area contributed by atoms with E-state index in [0.29, 0.717) is 17.9 Å². The zero-order chi connectivity index (χ0) is 13.3. The lowest BCUT2D eigenvalue weighted by molar-refractivity contribution is -0.120. The molecule has 1 aromatic carbocycles. The van der Waals surface area contributed by atoms with Crippen LogP contribution in [-0.2, 0) is 4.79 Å². The van der Waals surface area contributed by atoms with Gasteiger partial charge in [-0.15, -0.1) is 0 Å². The Morgan fingerprint density at radius 2 is 2.06 bits per heavy atom. The third-order valence-electron chi connectivity index (χ3n) is 3.01. The molecule has 98 valence electrons. The van der Waals surface area contributed by atoms with Crippen LogP contribution < -0.4 is 10.6 Å². The van der Waals surface area contributed by atoms with Crippen molar-refractivity contribution < 1.29 is 9.18 Å². The lowest BCUT2D eigenvalue weighted by Crippen LogP contribution is -2.29. The maximum Gasteiger partial charge on any atom is 0.229 e. The molecular weight excluding hydrogens is 231 g/mol. The lowest BCUT2D eigenvalue weighted by Gasteiger charge is -2.23. The first-order chi connectivity index (χ1) is 8.35. The Morgan fingerprint density at radius 1 is 1.33 bits per heavy atom. The zero-order valence-electron chi connectivity index (χ0n) is 11.0. The largest absolute Gasteiger partial charge is 0.382 e. The van der Waals surface area contributed by atoms with Crippen molar-refractivity contribution >= 4 is 17.3 Å². The second kappa shape index (κ2) is 4.59. The summed E-state index contributed by atoms with van der Waals surface area (Å²) in [5.74, 6) is -0.395. The first-order valence-electron chi connectivity index (χ1n) is 6.19. The Labute approximate surface area is 107 Å². The van der Waals surface area contributed by atoms with Crippen molar-refractivity contribution in [3.63, 3.8) is 0 Å². The first kappa shape index (κ1) is 12.9. The van der Waals surface area contributed by atoms with Gasteiger partial charge in [-0.05, 0) is 30.0 Å². The second-order valence-electron chi connectivity index (χ2n) is 6.02. The fourth-order valence-electron chi connectivity index (χ4n) is 2.24. The third-order valence-corrected chi connectivity index (χ3v) is 3.01. The topological polar surface area (TPSA) is 41.1 Å². The summed E-state index contributed by atoms with van der Waals surface area (Å²) < 4.78 is 13.1. The molecule has 1 aliphatic rings. The lowest BCUT2D eigenvalue weighted by atomic mass is 9.84. The van der Waals surface area contributed by atoms with Crippen LogP contribution in [0.3, 0.4) is 0 Å². The number of carbonyl (C=O) groups excluding carboxylic acids is 1. The van der Waals surface area contributed by atoms with E-state index in [0.717, 1.165) is 6.42 Å². The van der Waals surface area contributed by atoms with Crippen molar-refractivity contribution in [3.8, 4) is 0 Å². The van der Waals surface area contributed by atoms with Gasteiger partial charge in [0.1, 0.15) is 5.82 Å². The van der Waals surface area contributed by atoms with Crippen LogP contribution >= 0.6 is 0 Å². The molecule has 2 rings (SSSR count). The molecule has 0 spiro atoms. The van der Waals surface area contributed by atoms with E-state index in [1.165, 1.54) is 12.1 Å². The van der Waals surface area contributed by atoms with Crippen LogP contribution in [0.15, 0.2) is 18.2 Å². The van der Waals surface area contributed by atoms with E-state index in [4.69, 9.17) is 0 Å². The van der Waals surface area contributed by atoms with Gasteiger partial charge in [-0.1, -0.05) is 20.8 Å². The summed E-state index contributed by atoms with van der Waals surface area (Å²) >= 11 is 0. The molecule has 0 aromatic heterocycles. The van der Waals surface area contributed by atoms with E-state index in [1.807, 2.05) is 0 Å². The molecule has 0 saturated carbocycles. The molecule has 0 bridgehead atoms. The molecule has 4 heteroatoms. The minimum atomic E-state index is -0.301. The Morgan fingerprint density at radius 3 is 2.72 bits per heavy atom. The SMILES string of the molecule is CC(C)(C)CC1CNc2cc(F)ccc2NC1=O. The summed E-state index contributed by atoms with van der Waals surface area (Å²) in [4.78, 5) is 12.1. The number of benzene rings is 1. The van der Waals surface area contributed by atoms with Crippen molar-refractivity contribution in [2.75, 3.05) is 17.2 Å². The van der Waals surface area contributed by atoms with Crippen LogP contribution in [0.25, 0.3) is 0 Å². The van der Waals surface area contributed by atoms with Gasteiger partial charge in [-0.25, -0.2) is 4.39 Å². The molecule has 3 nitrogen and oxygen atoms in total. The Hall–Kier alpha value is -1.58. The van der Waals surface area contributed by atoms with Gasteiger partial charge in [0.2, 0.25) is 5.91 Å². The highest BCUT2D eigenvalue weighted by Crippen LogP contribution is 2.30. The number of nitrogens with one attached hydrogen (secondary N) is 2. The number of halogens is 1. The number of carbonyl (C=O) groups is 1. The summed E-state index contributed by atoms with van der Waals surface area (Å²) in [5.41, 5.74) is 1.39. The van der Waals surface area contributed by atoms with E-state index in [-0.39, 0.29) is 23.1 Å². The highest BCUT2D eigenvalue weighted by atomic mass is 19.1. The molecule has 1 aromatic rings. The van der Waals surface area contributed by atoms with Crippen molar-refractivity contribution in [1.82, 2.24) is 0 Å². The molecule has 1 aliphatic heterocycles. The van der Waals surface area contributed by atoms with Crippen molar-refractivity contribution in [2.24, 2.45) is 11.3 Å². The molecule has 18 heavy (non-hydrogen) atoms. The number of anilines is 2. The van der Waals surface area contributed by atoms with E-state index < -0.39 is 0 Å². The van der Waals surface area contributed by atoms with Crippen LogP contribution in [0.1, 0.15) is 27.2 Å². The molecular formula is C14H19FN2O. The molecule has 1 unspecified atom stereocenters. The van der Waals surface area contributed by atoms with Gasteiger partial charge in [-0.2, -0.15) is 0 Å². The Balaban J connectivity index is 2.19. The van der Waals surface area contributed by atoms with Gasteiger partial charge in [0.25, 0.3) is 0 Å². The number of amides is 1. The third kappa shape index (κ3) is 3.00. The van der Waals surface area contributed by atoms with Crippen molar-refractivity contribution in [1.29, 1.82) is 0 Å². The first-order valence-corrected chi connectivity index (χ1v) is 6.19. The van der Waals surface area contributed by atoms with Crippen LogP contribution in [0, 0.1) is 17.2 Å². The van der Waals surface area contributed by atoms with Gasteiger partial charge in [-0.3, -0.25) is 4.79 Å². The van der Waals surface area contributed by atoms with E-state index in [9.17, 15) is 9.18 Å². The van der Waals surface area contributed by atoms with Gasteiger partial charge in [0.05, 0.1) is 17.3 Å². The van der Waals surface area contributed by atoms with Crippen molar-refractivity contribution in [2.45, 2.75) is 27.2 Å². The average molecular weight is 250 g/mol. The maximum atomic E-state index is 13.1. The highest BCUT2D eigenvalue weighted by Gasteiger charge is 2.27. The predicted octanol–water partition coefficient (Wildman–Crippen LogP) is 3.24. The molecule has 0 saturated heterocycles. The molecule has 0 radical (unpaired) electrons. The van der Waals surface area contributed by atoms with Crippen LogP contribution in [-0.4, -0.2) is 12.5 Å². The van der Waals surface area contributed by atoms with Crippen molar-refractivity contribution in [3.05, 3.63) is 24.0 Å². The van der Waals surface area contributed by atoms with E-state index in [1.54, 1.807) is 6.07 Å². The van der Waals surface area contributed by atoms with E-state index >= 15 is 0 Å². The molecule has 0 aliphatic carbocycles. The average Bonchev–Trinajstić information content (AvgIpc) is 2.38. The monoisotopic (exact) mass is 250 g/mol. The normalized spacial score (nSPS) is 19.6. The second-order valence-corrected chi connectivity index (χ2v) is 6.02. The van der Waals surface area contributed by atoms with Gasteiger partial charge < -0.3 is 10.6 Å². The zero-order valence-corrected chi connectivity index (χ0v) is 11.0. The number of rotatable bonds is 1. The fraction of sp³-hybridized carbons (Fsp3) is 0.500. The minimum absolute atomic E-state index is 0.00258. The fourth-order valence-corrected chi connectivity index (χ4v) is 2.24. The molecule has 1 heterocycles. The Bertz CT molecular complexity index is 465. The number of fused-ring (bicyclic) bond motifs is 1. The van der Waals surface area contributed by atoms with Crippen LogP contribution in [0.2, 0.25) is 0 Å². The minimum Gasteiger partial charge on any atom is -0.382 e. The smallest absolute Gasteiger partial charge is 0.229 e. The van der Waals surface area contributed by atoms with E-state index in [2.05, 4.69) is 31.4 Å². The summed E-state index contributed by atoms with van der Waals surface area (Å²) in [6.07, 6.45) is 0.794. The van der Waals surface area contributed by atoms with Gasteiger partial charge in [0, 0.05) is 6.54 Å².